The van der Waals surface area contributed by atoms with Gasteiger partial charge in [-0.15, -0.1) is 0 Å². The maximum Gasteiger partial charge on any atom is 0.261 e. The first kappa shape index (κ1) is 14.1. The molecule has 0 spiro atoms. The fourth-order valence-electron chi connectivity index (χ4n) is 1.68. The summed E-state index contributed by atoms with van der Waals surface area (Å²) >= 11 is 0. The molecule has 0 fully saturated rings. The predicted octanol–water partition coefficient (Wildman–Crippen LogP) is 2.69. The van der Waals surface area contributed by atoms with E-state index in [0.29, 0.717) is 17.0 Å². The van der Waals surface area contributed by atoms with Crippen molar-refractivity contribution in [2.75, 3.05) is 4.72 Å². The Kier molecular flexibility index (Phi) is 4.05. The van der Waals surface area contributed by atoms with Crippen LogP contribution < -0.4 is 4.72 Å². The molecular weight excluding hydrogens is 276 g/mol. The molecule has 6 heteroatoms. The third kappa shape index (κ3) is 3.16. The maximum absolute atomic E-state index is 12.2. The van der Waals surface area contributed by atoms with Crippen LogP contribution in [0.15, 0.2) is 64.6 Å². The van der Waals surface area contributed by atoms with E-state index in [1.807, 2.05) is 0 Å². The van der Waals surface area contributed by atoms with Crippen molar-refractivity contribution in [3.63, 3.8) is 0 Å². The van der Waals surface area contributed by atoms with Gasteiger partial charge in [-0.2, -0.15) is 0 Å². The second-order valence-corrected chi connectivity index (χ2v) is 5.87. The SMILES string of the molecule is C/C(=N\O)c1cccc(NS(=O)(=O)c2ccccc2)c1. The molecule has 2 rings (SSSR count). The topological polar surface area (TPSA) is 78.8 Å². The van der Waals surface area contributed by atoms with Crippen LogP contribution in [0.4, 0.5) is 5.69 Å². The summed E-state index contributed by atoms with van der Waals surface area (Å²) in [6.07, 6.45) is 0. The summed E-state index contributed by atoms with van der Waals surface area (Å²) < 4.78 is 26.8. The average molecular weight is 290 g/mol. The minimum absolute atomic E-state index is 0.193. The van der Waals surface area contributed by atoms with Crippen LogP contribution in [0.3, 0.4) is 0 Å². The van der Waals surface area contributed by atoms with Gasteiger partial charge in [-0.25, -0.2) is 8.42 Å². The number of rotatable bonds is 4. The third-order valence-corrected chi connectivity index (χ3v) is 4.13. The van der Waals surface area contributed by atoms with Crippen molar-refractivity contribution in [1.82, 2.24) is 0 Å². The smallest absolute Gasteiger partial charge is 0.261 e. The molecule has 2 N–H and O–H groups in total. The van der Waals surface area contributed by atoms with Crippen molar-refractivity contribution in [3.05, 3.63) is 60.2 Å². The first-order valence-electron chi connectivity index (χ1n) is 5.90. The Labute approximate surface area is 117 Å². The molecule has 0 unspecified atom stereocenters. The van der Waals surface area contributed by atoms with Gasteiger partial charge in [0.1, 0.15) is 0 Å². The lowest BCUT2D eigenvalue weighted by atomic mass is 10.1. The minimum Gasteiger partial charge on any atom is -0.411 e. The highest BCUT2D eigenvalue weighted by Crippen LogP contribution is 2.17. The number of nitrogens with one attached hydrogen (secondary N) is 1. The molecule has 0 saturated heterocycles. The molecule has 2 aromatic rings. The van der Waals surface area contributed by atoms with Gasteiger partial charge >= 0.3 is 0 Å². The van der Waals surface area contributed by atoms with Crippen molar-refractivity contribution < 1.29 is 13.6 Å². The van der Waals surface area contributed by atoms with Crippen molar-refractivity contribution in [3.8, 4) is 0 Å². The maximum atomic E-state index is 12.2. The van der Waals surface area contributed by atoms with Crippen LogP contribution in [-0.2, 0) is 10.0 Å². The number of sulfonamides is 1. The lowest BCUT2D eigenvalue weighted by molar-refractivity contribution is 0.319. The van der Waals surface area contributed by atoms with Gasteiger partial charge < -0.3 is 5.21 Å². The second-order valence-electron chi connectivity index (χ2n) is 4.18. The normalized spacial score (nSPS) is 12.2. The Morgan fingerprint density at radius 3 is 2.45 bits per heavy atom. The van der Waals surface area contributed by atoms with Crippen LogP contribution >= 0.6 is 0 Å². The van der Waals surface area contributed by atoms with Gasteiger partial charge in [-0.3, -0.25) is 4.72 Å². The molecule has 0 aliphatic carbocycles. The summed E-state index contributed by atoms with van der Waals surface area (Å²) in [5.74, 6) is 0. The molecule has 2 aromatic carbocycles. The third-order valence-electron chi connectivity index (χ3n) is 2.74. The van der Waals surface area contributed by atoms with E-state index in [4.69, 9.17) is 5.21 Å². The highest BCUT2D eigenvalue weighted by atomic mass is 32.2. The van der Waals surface area contributed by atoms with E-state index >= 15 is 0 Å². The number of oxime groups is 1. The lowest BCUT2D eigenvalue weighted by Crippen LogP contribution is -2.13. The molecule has 0 bridgehead atoms. The van der Waals surface area contributed by atoms with Crippen molar-refractivity contribution in [2.45, 2.75) is 11.8 Å². The minimum atomic E-state index is -3.61. The van der Waals surface area contributed by atoms with E-state index < -0.39 is 10.0 Å². The summed E-state index contributed by atoms with van der Waals surface area (Å²) in [7, 11) is -3.61. The van der Waals surface area contributed by atoms with E-state index in [9.17, 15) is 8.42 Å². The van der Waals surface area contributed by atoms with Gasteiger partial charge in [0.15, 0.2) is 0 Å². The molecule has 0 saturated carbocycles. The first-order valence-corrected chi connectivity index (χ1v) is 7.38. The molecule has 20 heavy (non-hydrogen) atoms. The highest BCUT2D eigenvalue weighted by molar-refractivity contribution is 7.92. The van der Waals surface area contributed by atoms with E-state index in [1.54, 1.807) is 49.4 Å². The van der Waals surface area contributed by atoms with Gasteiger partial charge in [-0.1, -0.05) is 35.5 Å². The molecule has 0 radical (unpaired) electrons. The van der Waals surface area contributed by atoms with Crippen molar-refractivity contribution in [2.24, 2.45) is 5.16 Å². The molecular formula is C14H14N2O3S. The molecule has 104 valence electrons. The Hall–Kier alpha value is -2.34. The molecule has 0 amide bonds. The monoisotopic (exact) mass is 290 g/mol. The predicted molar refractivity (Wildman–Crippen MR) is 77.7 cm³/mol. The lowest BCUT2D eigenvalue weighted by Gasteiger charge is -2.09. The molecule has 0 atom stereocenters. The van der Waals surface area contributed by atoms with Crippen LogP contribution in [0, 0.1) is 0 Å². The Balaban J connectivity index is 2.31. The Morgan fingerprint density at radius 2 is 1.80 bits per heavy atom. The van der Waals surface area contributed by atoms with Gasteiger partial charge in [0.25, 0.3) is 10.0 Å². The summed E-state index contributed by atoms with van der Waals surface area (Å²) in [5.41, 5.74) is 1.46. The summed E-state index contributed by atoms with van der Waals surface area (Å²) in [4.78, 5) is 0.193. The average Bonchev–Trinajstić information content (AvgIpc) is 2.47. The molecule has 0 aliphatic rings. The number of hydrogen-bond acceptors (Lipinski definition) is 4. The van der Waals surface area contributed by atoms with Crippen molar-refractivity contribution >= 4 is 21.4 Å². The quantitative estimate of drug-likeness (QED) is 0.516. The Bertz CT molecular complexity index is 725. The van der Waals surface area contributed by atoms with Gasteiger partial charge in [0.05, 0.1) is 10.6 Å². The number of benzene rings is 2. The molecule has 0 heterocycles. The molecule has 0 aromatic heterocycles. The summed E-state index contributed by atoms with van der Waals surface area (Å²) in [5, 5.41) is 11.8. The summed E-state index contributed by atoms with van der Waals surface area (Å²) in [6, 6.07) is 14.8. The van der Waals surface area contributed by atoms with Crippen LogP contribution in [0.2, 0.25) is 0 Å². The van der Waals surface area contributed by atoms with E-state index in [1.165, 1.54) is 12.1 Å². The van der Waals surface area contributed by atoms with Crippen LogP contribution in [0.25, 0.3) is 0 Å². The Morgan fingerprint density at radius 1 is 1.10 bits per heavy atom. The zero-order valence-electron chi connectivity index (χ0n) is 10.8. The summed E-state index contributed by atoms with van der Waals surface area (Å²) in [6.45, 7) is 1.63. The van der Waals surface area contributed by atoms with E-state index in [-0.39, 0.29) is 4.90 Å². The number of nitrogens with zero attached hydrogens (tertiary/aromatic N) is 1. The van der Waals surface area contributed by atoms with Gasteiger partial charge in [-0.05, 0) is 31.2 Å². The standard InChI is InChI=1S/C14H14N2O3S/c1-11(15-17)12-6-5-7-13(10-12)16-20(18,19)14-8-3-2-4-9-14/h2-10,16-17H,1H3/b15-11+. The van der Waals surface area contributed by atoms with Crippen LogP contribution in [0.1, 0.15) is 12.5 Å². The van der Waals surface area contributed by atoms with E-state index in [2.05, 4.69) is 9.88 Å². The fourth-order valence-corrected chi connectivity index (χ4v) is 2.75. The van der Waals surface area contributed by atoms with Crippen molar-refractivity contribution in [1.29, 1.82) is 0 Å². The van der Waals surface area contributed by atoms with Gasteiger partial charge in [0.2, 0.25) is 0 Å². The van der Waals surface area contributed by atoms with Crippen LogP contribution in [0.5, 0.6) is 0 Å². The number of anilines is 1. The zero-order valence-corrected chi connectivity index (χ0v) is 11.6. The first-order chi connectivity index (χ1) is 9.53. The van der Waals surface area contributed by atoms with Crippen LogP contribution in [-0.4, -0.2) is 19.3 Å². The highest BCUT2D eigenvalue weighted by Gasteiger charge is 2.13. The largest absolute Gasteiger partial charge is 0.411 e. The van der Waals surface area contributed by atoms with E-state index in [0.717, 1.165) is 0 Å². The fraction of sp³-hybridized carbons (Fsp3) is 0.0714. The van der Waals surface area contributed by atoms with Gasteiger partial charge in [0, 0.05) is 11.3 Å². The second kappa shape index (κ2) is 5.75. The number of hydrogen-bond donors (Lipinski definition) is 2. The molecule has 0 aliphatic heterocycles. The molecule has 5 nitrogen and oxygen atoms in total. The zero-order chi connectivity index (χ0) is 14.6.